The van der Waals surface area contributed by atoms with Crippen LogP contribution in [0.15, 0.2) is 41.0 Å². The first-order chi connectivity index (χ1) is 13.8. The quantitative estimate of drug-likeness (QED) is 0.603. The number of fused-ring (bicyclic) bond motifs is 1. The number of hydrogen-bond donors (Lipinski definition) is 1. The predicted octanol–water partition coefficient (Wildman–Crippen LogP) is 4.03. The fourth-order valence-corrected chi connectivity index (χ4v) is 4.50. The zero-order valence-electron chi connectivity index (χ0n) is 16.4. The molecule has 1 aromatic carbocycles. The molecule has 1 amide bonds. The number of benzene rings is 1. The molecule has 2 aliphatic rings. The Balaban J connectivity index is 1.81. The van der Waals surface area contributed by atoms with Crippen molar-refractivity contribution in [3.05, 3.63) is 41.6 Å². The standard InChI is InChI=1S/C21H26F3N3O2/c1-26-19(15-8-10-16(11-9-15)29-21(22,23)24)17(13-25)20(28)27-12-4-6-14-5-2-3-7-18(14)27/h8-11,13-14,18H,2-7,12,25H2,1H3. The highest BCUT2D eigenvalue weighted by Gasteiger charge is 2.37. The summed E-state index contributed by atoms with van der Waals surface area (Å²) in [5.41, 5.74) is 6.94. The maximum absolute atomic E-state index is 13.3. The number of likely N-dealkylation sites (tertiary alicyclic amines) is 1. The van der Waals surface area contributed by atoms with Gasteiger partial charge < -0.3 is 15.4 Å². The molecule has 0 spiro atoms. The number of aliphatic imine (C=N–C) groups is 1. The Kier molecular flexibility index (Phi) is 6.49. The van der Waals surface area contributed by atoms with Gasteiger partial charge in [-0.05, 0) is 55.9 Å². The Hall–Kier alpha value is -2.51. The van der Waals surface area contributed by atoms with E-state index in [2.05, 4.69) is 9.73 Å². The molecule has 0 bridgehead atoms. The van der Waals surface area contributed by atoms with Crippen LogP contribution in [0.3, 0.4) is 0 Å². The van der Waals surface area contributed by atoms with Crippen molar-refractivity contribution in [2.24, 2.45) is 16.6 Å². The number of amides is 1. The van der Waals surface area contributed by atoms with E-state index in [0.717, 1.165) is 32.1 Å². The summed E-state index contributed by atoms with van der Waals surface area (Å²) in [7, 11) is 1.53. The van der Waals surface area contributed by atoms with E-state index in [4.69, 9.17) is 5.73 Å². The third kappa shape index (κ3) is 4.92. The van der Waals surface area contributed by atoms with Crippen LogP contribution in [-0.2, 0) is 4.79 Å². The Morgan fingerprint density at radius 1 is 1.17 bits per heavy atom. The van der Waals surface area contributed by atoms with Crippen LogP contribution in [-0.4, -0.2) is 42.5 Å². The molecular weight excluding hydrogens is 383 g/mol. The lowest BCUT2D eigenvalue weighted by atomic mass is 9.78. The van der Waals surface area contributed by atoms with E-state index in [1.165, 1.54) is 43.9 Å². The second kappa shape index (κ2) is 8.88. The van der Waals surface area contributed by atoms with Crippen molar-refractivity contribution in [3.63, 3.8) is 0 Å². The fraction of sp³-hybridized carbons (Fsp3) is 0.524. The van der Waals surface area contributed by atoms with Gasteiger partial charge in [-0.25, -0.2) is 0 Å². The Morgan fingerprint density at radius 2 is 1.83 bits per heavy atom. The first kappa shape index (κ1) is 21.2. The van der Waals surface area contributed by atoms with Gasteiger partial charge in [-0.3, -0.25) is 9.79 Å². The smallest absolute Gasteiger partial charge is 0.406 e. The number of carbonyl (C=O) groups is 1. The third-order valence-electron chi connectivity index (χ3n) is 5.74. The molecule has 1 aromatic rings. The van der Waals surface area contributed by atoms with Gasteiger partial charge in [0, 0.05) is 31.4 Å². The molecule has 1 heterocycles. The minimum absolute atomic E-state index is 0.166. The van der Waals surface area contributed by atoms with E-state index in [-0.39, 0.29) is 23.3 Å². The lowest BCUT2D eigenvalue weighted by Gasteiger charge is -2.44. The van der Waals surface area contributed by atoms with E-state index in [0.29, 0.717) is 23.7 Å². The number of ether oxygens (including phenoxy) is 1. The lowest BCUT2D eigenvalue weighted by Crippen LogP contribution is -2.50. The highest BCUT2D eigenvalue weighted by Crippen LogP contribution is 2.36. The Bertz CT molecular complexity index is 785. The maximum Gasteiger partial charge on any atom is 0.573 e. The van der Waals surface area contributed by atoms with Gasteiger partial charge in [0.25, 0.3) is 5.91 Å². The van der Waals surface area contributed by atoms with Gasteiger partial charge in [0.05, 0.1) is 11.3 Å². The van der Waals surface area contributed by atoms with E-state index in [1.54, 1.807) is 0 Å². The van der Waals surface area contributed by atoms with Crippen molar-refractivity contribution in [1.29, 1.82) is 0 Å². The minimum Gasteiger partial charge on any atom is -0.406 e. The van der Waals surface area contributed by atoms with Crippen molar-refractivity contribution in [1.82, 2.24) is 4.90 Å². The number of carbonyl (C=O) groups excluding carboxylic acids is 1. The largest absolute Gasteiger partial charge is 0.573 e. The molecule has 158 valence electrons. The van der Waals surface area contributed by atoms with Crippen LogP contribution in [0.4, 0.5) is 13.2 Å². The number of hydrogen-bond acceptors (Lipinski definition) is 4. The van der Waals surface area contributed by atoms with Crippen LogP contribution >= 0.6 is 0 Å². The summed E-state index contributed by atoms with van der Waals surface area (Å²) in [5.74, 6) is 0.0315. The molecule has 2 atom stereocenters. The lowest BCUT2D eigenvalue weighted by molar-refractivity contribution is -0.274. The minimum atomic E-state index is -4.76. The molecule has 0 aromatic heterocycles. The highest BCUT2D eigenvalue weighted by molar-refractivity contribution is 6.28. The number of rotatable bonds is 4. The van der Waals surface area contributed by atoms with E-state index < -0.39 is 6.36 Å². The van der Waals surface area contributed by atoms with Crippen LogP contribution < -0.4 is 10.5 Å². The summed E-state index contributed by atoms with van der Waals surface area (Å²) in [6.07, 6.45) is 3.06. The fourth-order valence-electron chi connectivity index (χ4n) is 4.50. The monoisotopic (exact) mass is 409 g/mol. The molecule has 1 aliphatic heterocycles. The van der Waals surface area contributed by atoms with Gasteiger partial charge in [-0.2, -0.15) is 0 Å². The molecule has 0 radical (unpaired) electrons. The van der Waals surface area contributed by atoms with E-state index in [1.807, 2.05) is 4.90 Å². The van der Waals surface area contributed by atoms with Crippen molar-refractivity contribution < 1.29 is 22.7 Å². The number of nitrogens with zero attached hydrogens (tertiary/aromatic N) is 2. The summed E-state index contributed by atoms with van der Waals surface area (Å²) < 4.78 is 41.0. The third-order valence-corrected chi connectivity index (χ3v) is 5.74. The first-order valence-electron chi connectivity index (χ1n) is 9.90. The summed E-state index contributed by atoms with van der Waals surface area (Å²) >= 11 is 0. The Labute approximate surface area is 168 Å². The average molecular weight is 409 g/mol. The highest BCUT2D eigenvalue weighted by atomic mass is 19.4. The van der Waals surface area contributed by atoms with E-state index >= 15 is 0 Å². The van der Waals surface area contributed by atoms with Gasteiger partial charge in [-0.1, -0.05) is 12.8 Å². The van der Waals surface area contributed by atoms with Crippen molar-refractivity contribution in [2.75, 3.05) is 13.6 Å². The molecule has 2 fully saturated rings. The summed E-state index contributed by atoms with van der Waals surface area (Å²) in [6, 6.07) is 5.51. The zero-order valence-corrected chi connectivity index (χ0v) is 16.4. The van der Waals surface area contributed by atoms with Crippen LogP contribution in [0, 0.1) is 5.92 Å². The zero-order chi connectivity index (χ0) is 21.0. The molecule has 5 nitrogen and oxygen atoms in total. The van der Waals surface area contributed by atoms with Gasteiger partial charge in [0.15, 0.2) is 0 Å². The number of piperidine rings is 1. The van der Waals surface area contributed by atoms with Gasteiger partial charge in [0.2, 0.25) is 0 Å². The molecule has 8 heteroatoms. The molecule has 1 aliphatic carbocycles. The van der Waals surface area contributed by atoms with E-state index in [9.17, 15) is 18.0 Å². The average Bonchev–Trinajstić information content (AvgIpc) is 2.70. The maximum atomic E-state index is 13.3. The van der Waals surface area contributed by atoms with Crippen molar-refractivity contribution in [2.45, 2.75) is 50.9 Å². The number of halogens is 3. The van der Waals surface area contributed by atoms with Crippen LogP contribution in [0.25, 0.3) is 0 Å². The van der Waals surface area contributed by atoms with Crippen molar-refractivity contribution in [3.8, 4) is 5.75 Å². The Morgan fingerprint density at radius 3 is 2.45 bits per heavy atom. The van der Waals surface area contributed by atoms with Crippen LogP contribution in [0.5, 0.6) is 5.75 Å². The predicted molar refractivity (Wildman–Crippen MR) is 105 cm³/mol. The number of alkyl halides is 3. The molecule has 2 unspecified atom stereocenters. The second-order valence-electron chi connectivity index (χ2n) is 7.48. The SMILES string of the molecule is CN=C(C(=CN)C(=O)N1CCCC2CCCCC21)c1ccc(OC(F)(F)F)cc1. The van der Waals surface area contributed by atoms with Crippen LogP contribution in [0.1, 0.15) is 44.1 Å². The van der Waals surface area contributed by atoms with Crippen LogP contribution in [0.2, 0.25) is 0 Å². The first-order valence-corrected chi connectivity index (χ1v) is 9.90. The summed E-state index contributed by atoms with van der Waals surface area (Å²) in [4.78, 5) is 19.5. The van der Waals surface area contributed by atoms with Gasteiger partial charge in [0.1, 0.15) is 5.75 Å². The molecule has 2 N–H and O–H groups in total. The molecule has 29 heavy (non-hydrogen) atoms. The van der Waals surface area contributed by atoms with Gasteiger partial charge in [-0.15, -0.1) is 13.2 Å². The normalized spacial score (nSPS) is 23.5. The summed E-state index contributed by atoms with van der Waals surface area (Å²) in [6.45, 7) is 0.687. The molecule has 1 saturated heterocycles. The summed E-state index contributed by atoms with van der Waals surface area (Å²) in [5, 5.41) is 0. The topological polar surface area (TPSA) is 67.9 Å². The second-order valence-corrected chi connectivity index (χ2v) is 7.48. The molecule has 1 saturated carbocycles. The number of nitrogens with two attached hydrogens (primary N) is 1. The van der Waals surface area contributed by atoms with Gasteiger partial charge >= 0.3 is 6.36 Å². The molecule has 3 rings (SSSR count). The van der Waals surface area contributed by atoms with Crippen molar-refractivity contribution >= 4 is 11.6 Å². The molecular formula is C21H26F3N3O2.